The molecule has 88 valence electrons. The van der Waals surface area contributed by atoms with Crippen molar-refractivity contribution >= 4 is 6.03 Å². The highest BCUT2D eigenvalue weighted by Crippen LogP contribution is 2.13. The van der Waals surface area contributed by atoms with Gasteiger partial charge in [0.2, 0.25) is 0 Å². The molecule has 0 saturated carbocycles. The van der Waals surface area contributed by atoms with Crippen LogP contribution < -0.4 is 5.32 Å². The molecule has 15 heavy (non-hydrogen) atoms. The zero-order valence-corrected chi connectivity index (χ0v) is 10.2. The van der Waals surface area contributed by atoms with E-state index in [9.17, 15) is 4.79 Å². The Morgan fingerprint density at radius 2 is 2.20 bits per heavy atom. The van der Waals surface area contributed by atoms with Crippen LogP contribution in [-0.2, 0) is 4.74 Å². The molecular weight excluding hydrogens is 192 g/mol. The summed E-state index contributed by atoms with van der Waals surface area (Å²) in [4.78, 5) is 13.4. The molecule has 4 nitrogen and oxygen atoms in total. The number of carbonyl (C=O) groups excluding carboxylic acids is 1. The van der Waals surface area contributed by atoms with Crippen molar-refractivity contribution in [2.45, 2.75) is 45.3 Å². The highest BCUT2D eigenvalue weighted by atomic mass is 16.5. The number of rotatable bonds is 2. The maximum Gasteiger partial charge on any atom is 0.317 e. The highest BCUT2D eigenvalue weighted by Gasteiger charge is 2.22. The van der Waals surface area contributed by atoms with Gasteiger partial charge in [-0.25, -0.2) is 4.79 Å². The zero-order valence-electron chi connectivity index (χ0n) is 10.2. The first-order valence-corrected chi connectivity index (χ1v) is 5.53. The van der Waals surface area contributed by atoms with E-state index in [2.05, 4.69) is 5.32 Å². The Morgan fingerprint density at radius 1 is 1.53 bits per heavy atom. The molecule has 0 aromatic carbocycles. The van der Waals surface area contributed by atoms with Crippen molar-refractivity contribution in [1.82, 2.24) is 10.2 Å². The lowest BCUT2D eigenvalue weighted by molar-refractivity contribution is 0.0864. The van der Waals surface area contributed by atoms with Gasteiger partial charge in [0.1, 0.15) is 0 Å². The van der Waals surface area contributed by atoms with E-state index < -0.39 is 0 Å². The number of likely N-dealkylation sites (N-methyl/N-ethyl adjacent to an activating group) is 1. The van der Waals surface area contributed by atoms with Crippen molar-refractivity contribution in [2.24, 2.45) is 0 Å². The zero-order chi connectivity index (χ0) is 11.5. The smallest absolute Gasteiger partial charge is 0.317 e. The van der Waals surface area contributed by atoms with Gasteiger partial charge < -0.3 is 15.0 Å². The normalized spacial score (nSPS) is 21.5. The Labute approximate surface area is 92.0 Å². The van der Waals surface area contributed by atoms with Crippen molar-refractivity contribution in [3.8, 4) is 0 Å². The fraction of sp³-hybridized carbons (Fsp3) is 0.909. The van der Waals surface area contributed by atoms with Gasteiger partial charge in [0.25, 0.3) is 0 Å². The van der Waals surface area contributed by atoms with Gasteiger partial charge in [-0.1, -0.05) is 0 Å². The molecule has 1 saturated heterocycles. The number of ether oxygens (including phenoxy) is 1. The molecule has 1 atom stereocenters. The molecule has 1 N–H and O–H groups in total. The highest BCUT2D eigenvalue weighted by molar-refractivity contribution is 5.74. The molecule has 1 fully saturated rings. The lowest BCUT2D eigenvalue weighted by atomic mass is 10.1. The molecule has 4 heteroatoms. The van der Waals surface area contributed by atoms with E-state index >= 15 is 0 Å². The lowest BCUT2D eigenvalue weighted by Crippen LogP contribution is -2.48. The average molecular weight is 214 g/mol. The van der Waals surface area contributed by atoms with Gasteiger partial charge in [0, 0.05) is 25.7 Å². The summed E-state index contributed by atoms with van der Waals surface area (Å²) < 4.78 is 5.48. The van der Waals surface area contributed by atoms with Crippen molar-refractivity contribution in [2.75, 3.05) is 20.2 Å². The minimum absolute atomic E-state index is 0.0296. The second-order valence-electron chi connectivity index (χ2n) is 5.20. The maximum atomic E-state index is 11.7. The van der Waals surface area contributed by atoms with Crippen LogP contribution in [0.2, 0.25) is 0 Å². The Hall–Kier alpha value is -0.770. The first-order chi connectivity index (χ1) is 6.88. The minimum atomic E-state index is -0.179. The molecule has 0 radical (unpaired) electrons. The second kappa shape index (κ2) is 4.84. The maximum absolute atomic E-state index is 11.7. The minimum Gasteiger partial charge on any atom is -0.376 e. The summed E-state index contributed by atoms with van der Waals surface area (Å²) in [6, 6.07) is -0.0296. The van der Waals surface area contributed by atoms with Gasteiger partial charge >= 0.3 is 6.03 Å². The quantitative estimate of drug-likeness (QED) is 0.758. The van der Waals surface area contributed by atoms with Crippen molar-refractivity contribution in [3.63, 3.8) is 0 Å². The van der Waals surface area contributed by atoms with Gasteiger partial charge in [-0.15, -0.1) is 0 Å². The van der Waals surface area contributed by atoms with Gasteiger partial charge in [-0.05, 0) is 33.6 Å². The van der Waals surface area contributed by atoms with Crippen molar-refractivity contribution < 1.29 is 9.53 Å². The van der Waals surface area contributed by atoms with E-state index in [4.69, 9.17) is 4.74 Å². The van der Waals surface area contributed by atoms with Crippen LogP contribution in [0.5, 0.6) is 0 Å². The molecule has 1 aliphatic rings. The fourth-order valence-electron chi connectivity index (χ4n) is 1.59. The second-order valence-corrected chi connectivity index (χ2v) is 5.20. The van der Waals surface area contributed by atoms with E-state index in [1.54, 1.807) is 4.90 Å². The van der Waals surface area contributed by atoms with Crippen LogP contribution in [0.1, 0.15) is 33.6 Å². The number of amides is 2. The summed E-state index contributed by atoms with van der Waals surface area (Å²) in [5.41, 5.74) is -0.179. The van der Waals surface area contributed by atoms with Crippen molar-refractivity contribution in [1.29, 1.82) is 0 Å². The molecule has 0 spiro atoms. The van der Waals surface area contributed by atoms with Crippen LogP contribution in [0.15, 0.2) is 0 Å². The van der Waals surface area contributed by atoms with Crippen molar-refractivity contribution in [3.05, 3.63) is 0 Å². The van der Waals surface area contributed by atoms with Crippen LogP contribution in [0, 0.1) is 0 Å². The molecule has 0 aromatic heterocycles. The SMILES string of the molecule is CN(CC1CCCO1)C(=O)NC(C)(C)C. The Balaban J connectivity index is 2.32. The number of urea groups is 1. The molecule has 1 aliphatic heterocycles. The van der Waals surface area contributed by atoms with Crippen LogP contribution in [0.4, 0.5) is 4.79 Å². The third-order valence-corrected chi connectivity index (χ3v) is 2.33. The summed E-state index contributed by atoms with van der Waals surface area (Å²) in [6.45, 7) is 7.45. The Morgan fingerprint density at radius 3 is 2.67 bits per heavy atom. The van der Waals surface area contributed by atoms with Gasteiger partial charge in [-0.2, -0.15) is 0 Å². The van der Waals surface area contributed by atoms with E-state index in [0.717, 1.165) is 19.4 Å². The van der Waals surface area contributed by atoms with Crippen LogP contribution in [0.3, 0.4) is 0 Å². The molecule has 0 aromatic rings. The van der Waals surface area contributed by atoms with E-state index in [1.807, 2.05) is 27.8 Å². The molecular formula is C11H22N2O2. The van der Waals surface area contributed by atoms with Crippen LogP contribution in [-0.4, -0.2) is 42.8 Å². The van der Waals surface area contributed by atoms with Crippen LogP contribution in [0.25, 0.3) is 0 Å². The Bertz CT molecular complexity index is 217. The summed E-state index contributed by atoms with van der Waals surface area (Å²) in [5.74, 6) is 0. The average Bonchev–Trinajstić information content (AvgIpc) is 2.53. The molecule has 1 heterocycles. The number of nitrogens with zero attached hydrogens (tertiary/aromatic N) is 1. The van der Waals surface area contributed by atoms with Gasteiger partial charge in [0.05, 0.1) is 6.10 Å². The number of carbonyl (C=O) groups is 1. The molecule has 1 rings (SSSR count). The summed E-state index contributed by atoms with van der Waals surface area (Å²) in [5, 5.41) is 2.92. The van der Waals surface area contributed by atoms with E-state index in [1.165, 1.54) is 0 Å². The monoisotopic (exact) mass is 214 g/mol. The summed E-state index contributed by atoms with van der Waals surface area (Å²) >= 11 is 0. The number of hydrogen-bond acceptors (Lipinski definition) is 2. The van der Waals surface area contributed by atoms with Gasteiger partial charge in [0.15, 0.2) is 0 Å². The standard InChI is InChI=1S/C11H22N2O2/c1-11(2,3)12-10(14)13(4)8-9-6-5-7-15-9/h9H,5-8H2,1-4H3,(H,12,14). The predicted molar refractivity (Wildman–Crippen MR) is 59.9 cm³/mol. The van der Waals surface area contributed by atoms with E-state index in [-0.39, 0.29) is 17.7 Å². The molecule has 0 aliphatic carbocycles. The Kier molecular flexibility index (Phi) is 3.97. The topological polar surface area (TPSA) is 41.6 Å². The number of hydrogen-bond donors (Lipinski definition) is 1. The largest absolute Gasteiger partial charge is 0.376 e. The lowest BCUT2D eigenvalue weighted by Gasteiger charge is -2.27. The molecule has 0 bridgehead atoms. The van der Waals surface area contributed by atoms with E-state index in [0.29, 0.717) is 6.54 Å². The third kappa shape index (κ3) is 4.51. The fourth-order valence-corrected chi connectivity index (χ4v) is 1.59. The third-order valence-electron chi connectivity index (χ3n) is 2.33. The first kappa shape index (κ1) is 12.3. The predicted octanol–water partition coefficient (Wildman–Crippen LogP) is 1.61. The summed E-state index contributed by atoms with van der Waals surface area (Å²) in [7, 11) is 1.81. The molecule has 2 amide bonds. The molecule has 1 unspecified atom stereocenters. The number of nitrogens with one attached hydrogen (secondary N) is 1. The first-order valence-electron chi connectivity index (χ1n) is 5.53. The van der Waals surface area contributed by atoms with Crippen LogP contribution >= 0.6 is 0 Å². The van der Waals surface area contributed by atoms with Gasteiger partial charge in [-0.3, -0.25) is 0 Å². The summed E-state index contributed by atoms with van der Waals surface area (Å²) in [6.07, 6.45) is 2.40.